The Morgan fingerprint density at radius 1 is 0.914 bits per heavy atom. The monoisotopic (exact) mass is 486 g/mol. The van der Waals surface area contributed by atoms with E-state index in [1.165, 1.54) is 11.8 Å². The molecule has 8 heteroatoms. The summed E-state index contributed by atoms with van der Waals surface area (Å²) in [6, 6.07) is 24.9. The number of morpholine rings is 1. The second kappa shape index (κ2) is 11.3. The Balaban J connectivity index is 1.22. The average molecular weight is 487 g/mol. The number of fused-ring (bicyclic) bond motifs is 1. The van der Waals surface area contributed by atoms with Crippen LogP contribution in [-0.4, -0.2) is 52.8 Å². The van der Waals surface area contributed by atoms with Crippen molar-refractivity contribution in [1.82, 2.24) is 14.9 Å². The molecule has 1 fully saturated rings. The van der Waals surface area contributed by atoms with Gasteiger partial charge >= 0.3 is 0 Å². The molecule has 1 aromatic heterocycles. The highest BCUT2D eigenvalue weighted by Gasteiger charge is 2.15. The molecule has 0 aliphatic carbocycles. The summed E-state index contributed by atoms with van der Waals surface area (Å²) in [5, 5.41) is 4.73. The van der Waals surface area contributed by atoms with Crippen LogP contribution in [0.1, 0.15) is 5.82 Å². The average Bonchev–Trinajstić information content (AvgIpc) is 2.90. The van der Waals surface area contributed by atoms with E-state index >= 15 is 0 Å². The first-order chi connectivity index (χ1) is 17.2. The Hall–Kier alpha value is -3.46. The molecule has 3 aromatic carbocycles. The van der Waals surface area contributed by atoms with Crippen LogP contribution in [0.4, 0.5) is 5.69 Å². The molecule has 178 valence electrons. The second-order valence-corrected chi connectivity index (χ2v) is 9.09. The zero-order valence-electron chi connectivity index (χ0n) is 19.2. The van der Waals surface area contributed by atoms with Gasteiger partial charge in [-0.25, -0.2) is 9.97 Å². The van der Waals surface area contributed by atoms with Crippen molar-refractivity contribution in [3.05, 3.63) is 84.7 Å². The van der Waals surface area contributed by atoms with Crippen molar-refractivity contribution in [3.8, 4) is 11.5 Å². The van der Waals surface area contributed by atoms with E-state index in [1.807, 2.05) is 78.9 Å². The summed E-state index contributed by atoms with van der Waals surface area (Å²) in [5.74, 6) is 2.40. The Morgan fingerprint density at radius 2 is 1.63 bits per heavy atom. The summed E-state index contributed by atoms with van der Waals surface area (Å²) < 4.78 is 11.2. The normalized spacial score (nSPS) is 14.1. The molecule has 1 amide bonds. The van der Waals surface area contributed by atoms with Crippen LogP contribution in [0, 0.1) is 0 Å². The van der Waals surface area contributed by atoms with Gasteiger partial charge in [-0.3, -0.25) is 9.69 Å². The Labute approximate surface area is 208 Å². The number of benzene rings is 3. The van der Waals surface area contributed by atoms with E-state index in [-0.39, 0.29) is 11.7 Å². The van der Waals surface area contributed by atoms with E-state index in [1.54, 1.807) is 0 Å². The van der Waals surface area contributed by atoms with Crippen molar-refractivity contribution in [2.75, 3.05) is 37.4 Å². The van der Waals surface area contributed by atoms with Crippen molar-refractivity contribution >= 4 is 34.3 Å². The van der Waals surface area contributed by atoms with Gasteiger partial charge in [-0.05, 0) is 42.5 Å². The van der Waals surface area contributed by atoms with E-state index in [9.17, 15) is 4.79 Å². The molecule has 1 N–H and O–H groups in total. The fourth-order valence-electron chi connectivity index (χ4n) is 3.80. The first-order valence-corrected chi connectivity index (χ1v) is 12.5. The molecule has 35 heavy (non-hydrogen) atoms. The van der Waals surface area contributed by atoms with Gasteiger partial charge < -0.3 is 14.8 Å². The maximum absolute atomic E-state index is 12.7. The zero-order chi connectivity index (χ0) is 23.9. The van der Waals surface area contributed by atoms with Gasteiger partial charge in [0.15, 0.2) is 0 Å². The predicted molar refractivity (Wildman–Crippen MR) is 138 cm³/mol. The minimum Gasteiger partial charge on any atom is -0.457 e. The number of ether oxygens (including phenoxy) is 2. The molecule has 1 aliphatic rings. The highest BCUT2D eigenvalue weighted by Crippen LogP contribution is 2.27. The number of rotatable bonds is 8. The molecule has 7 nitrogen and oxygen atoms in total. The van der Waals surface area contributed by atoms with Crippen molar-refractivity contribution in [2.24, 2.45) is 0 Å². The summed E-state index contributed by atoms with van der Waals surface area (Å²) in [7, 11) is 0. The molecule has 0 saturated carbocycles. The molecule has 5 rings (SSSR count). The van der Waals surface area contributed by atoms with Gasteiger partial charge in [0.05, 0.1) is 31.0 Å². The van der Waals surface area contributed by atoms with Crippen LogP contribution in [0.25, 0.3) is 10.9 Å². The van der Waals surface area contributed by atoms with Crippen LogP contribution in [0.2, 0.25) is 0 Å². The molecule has 4 aromatic rings. The van der Waals surface area contributed by atoms with Gasteiger partial charge in [-0.2, -0.15) is 0 Å². The van der Waals surface area contributed by atoms with Crippen LogP contribution in [0.15, 0.2) is 83.9 Å². The van der Waals surface area contributed by atoms with Gasteiger partial charge in [-0.1, -0.05) is 48.2 Å². The molecule has 0 radical (unpaired) electrons. The maximum atomic E-state index is 12.7. The molecule has 0 bridgehead atoms. The molecule has 0 unspecified atom stereocenters. The highest BCUT2D eigenvalue weighted by molar-refractivity contribution is 8.00. The van der Waals surface area contributed by atoms with Gasteiger partial charge in [0.1, 0.15) is 22.3 Å². The van der Waals surface area contributed by atoms with Crippen LogP contribution in [0.5, 0.6) is 11.5 Å². The van der Waals surface area contributed by atoms with Crippen molar-refractivity contribution in [1.29, 1.82) is 0 Å². The van der Waals surface area contributed by atoms with E-state index < -0.39 is 0 Å². The molecular formula is C27H26N4O3S. The van der Waals surface area contributed by atoms with Gasteiger partial charge in [0.25, 0.3) is 0 Å². The number of anilines is 1. The SMILES string of the molecule is O=C(CSc1nc(CN2CCOCC2)nc2ccccc12)Nc1ccc(Oc2ccccc2)cc1. The molecule has 0 spiro atoms. The standard InChI is InChI=1S/C27H26N4O3S/c32-26(28-20-10-12-22(13-11-20)34-21-6-2-1-3-7-21)19-35-27-23-8-4-5-9-24(23)29-25(30-27)18-31-14-16-33-17-15-31/h1-13H,14-19H2,(H,28,32). The van der Waals surface area contributed by atoms with Gasteiger partial charge in [0, 0.05) is 24.2 Å². The quantitative estimate of drug-likeness (QED) is 0.278. The molecule has 2 heterocycles. The van der Waals surface area contributed by atoms with Crippen molar-refractivity contribution in [2.45, 2.75) is 11.6 Å². The second-order valence-electron chi connectivity index (χ2n) is 8.13. The Bertz CT molecular complexity index is 1280. The summed E-state index contributed by atoms with van der Waals surface area (Å²) in [6.07, 6.45) is 0. The van der Waals surface area contributed by atoms with E-state index in [4.69, 9.17) is 19.4 Å². The number of aromatic nitrogens is 2. The number of carbonyl (C=O) groups is 1. The Morgan fingerprint density at radius 3 is 2.43 bits per heavy atom. The van der Waals surface area contributed by atoms with Crippen molar-refractivity contribution in [3.63, 3.8) is 0 Å². The number of amides is 1. The third-order valence-electron chi connectivity index (χ3n) is 5.54. The van der Waals surface area contributed by atoms with Crippen LogP contribution >= 0.6 is 11.8 Å². The Kier molecular flexibility index (Phi) is 7.53. The zero-order valence-corrected chi connectivity index (χ0v) is 20.0. The summed E-state index contributed by atoms with van der Waals surface area (Å²) in [5.41, 5.74) is 1.61. The first-order valence-electron chi connectivity index (χ1n) is 11.5. The number of hydrogen-bond donors (Lipinski definition) is 1. The van der Waals surface area contributed by atoms with E-state index in [2.05, 4.69) is 10.2 Å². The number of para-hydroxylation sites is 2. The number of thioether (sulfide) groups is 1. The number of nitrogens with zero attached hydrogens (tertiary/aromatic N) is 3. The van der Waals surface area contributed by atoms with E-state index in [0.29, 0.717) is 12.3 Å². The fraction of sp³-hybridized carbons (Fsp3) is 0.222. The summed E-state index contributed by atoms with van der Waals surface area (Å²) >= 11 is 1.43. The maximum Gasteiger partial charge on any atom is 0.234 e. The first kappa shape index (κ1) is 23.3. The molecule has 1 saturated heterocycles. The van der Waals surface area contributed by atoms with Crippen LogP contribution in [-0.2, 0) is 16.1 Å². The molecule has 1 aliphatic heterocycles. The van der Waals surface area contributed by atoms with Gasteiger partial charge in [-0.15, -0.1) is 0 Å². The predicted octanol–water partition coefficient (Wildman–Crippen LogP) is 4.99. The molecular weight excluding hydrogens is 460 g/mol. The third kappa shape index (κ3) is 6.36. The smallest absolute Gasteiger partial charge is 0.234 e. The topological polar surface area (TPSA) is 76.6 Å². The lowest BCUT2D eigenvalue weighted by Gasteiger charge is -2.25. The highest BCUT2D eigenvalue weighted by atomic mass is 32.2. The third-order valence-corrected chi connectivity index (χ3v) is 6.53. The largest absolute Gasteiger partial charge is 0.457 e. The summed E-state index contributed by atoms with van der Waals surface area (Å²) in [6.45, 7) is 3.88. The number of nitrogens with one attached hydrogen (secondary N) is 1. The lowest BCUT2D eigenvalue weighted by atomic mass is 10.2. The number of hydrogen-bond acceptors (Lipinski definition) is 7. The van der Waals surface area contributed by atoms with Crippen LogP contribution < -0.4 is 10.1 Å². The summed E-state index contributed by atoms with van der Waals surface area (Å²) in [4.78, 5) is 24.5. The van der Waals surface area contributed by atoms with E-state index in [0.717, 1.165) is 59.5 Å². The lowest BCUT2D eigenvalue weighted by Crippen LogP contribution is -2.36. The lowest BCUT2D eigenvalue weighted by molar-refractivity contribution is -0.113. The molecule has 0 atom stereocenters. The van der Waals surface area contributed by atoms with Crippen LogP contribution in [0.3, 0.4) is 0 Å². The minimum atomic E-state index is -0.0934. The minimum absolute atomic E-state index is 0.0934. The fourth-order valence-corrected chi connectivity index (χ4v) is 4.63. The number of carbonyl (C=O) groups excluding carboxylic acids is 1. The van der Waals surface area contributed by atoms with Gasteiger partial charge in [0.2, 0.25) is 5.91 Å². The van der Waals surface area contributed by atoms with Crippen molar-refractivity contribution < 1.29 is 14.3 Å².